The molecular formula is C17H20N2O2. The van der Waals surface area contributed by atoms with Crippen LogP contribution in [0, 0.1) is 0 Å². The summed E-state index contributed by atoms with van der Waals surface area (Å²) >= 11 is 0. The fourth-order valence-electron chi connectivity index (χ4n) is 1.89. The highest BCUT2D eigenvalue weighted by Gasteiger charge is 2.36. The summed E-state index contributed by atoms with van der Waals surface area (Å²) < 4.78 is 0. The minimum Gasteiger partial charge on any atom is -0.399 e. The Labute approximate surface area is 125 Å². The summed E-state index contributed by atoms with van der Waals surface area (Å²) in [5.41, 5.74) is 7.35. The molecule has 1 aromatic carbocycles. The van der Waals surface area contributed by atoms with Gasteiger partial charge in [0.15, 0.2) is 0 Å². The lowest BCUT2D eigenvalue weighted by molar-refractivity contribution is 0.0709. The van der Waals surface area contributed by atoms with Crippen molar-refractivity contribution in [2.75, 3.05) is 0 Å². The number of imide groups is 1. The number of hydrogen-bond acceptors (Lipinski definition) is 3. The van der Waals surface area contributed by atoms with E-state index in [2.05, 4.69) is 6.58 Å². The number of hydrogen-bond donors (Lipinski definition) is 1. The van der Waals surface area contributed by atoms with Gasteiger partial charge in [-0.05, 0) is 31.2 Å². The van der Waals surface area contributed by atoms with Gasteiger partial charge in [0, 0.05) is 5.70 Å². The van der Waals surface area contributed by atoms with Crippen molar-refractivity contribution in [3.05, 3.63) is 71.6 Å². The topological polar surface area (TPSA) is 63.4 Å². The van der Waals surface area contributed by atoms with Gasteiger partial charge in [0.25, 0.3) is 11.8 Å². The number of nitrogens with zero attached hydrogens (tertiary/aromatic N) is 1. The average molecular weight is 284 g/mol. The van der Waals surface area contributed by atoms with Gasteiger partial charge < -0.3 is 5.73 Å². The summed E-state index contributed by atoms with van der Waals surface area (Å²) in [6, 6.07) is 6.72. The average Bonchev–Trinajstić information content (AvgIpc) is 2.79. The van der Waals surface area contributed by atoms with E-state index in [1.165, 1.54) is 6.08 Å². The summed E-state index contributed by atoms with van der Waals surface area (Å²) in [5.74, 6) is -0.702. The second-order valence-electron chi connectivity index (χ2n) is 4.05. The Morgan fingerprint density at radius 2 is 1.62 bits per heavy atom. The maximum atomic E-state index is 12.2. The zero-order valence-electron chi connectivity index (χ0n) is 12.6. The maximum absolute atomic E-state index is 12.2. The molecule has 0 saturated carbocycles. The van der Waals surface area contributed by atoms with Crippen LogP contribution in [0.25, 0.3) is 0 Å². The molecule has 0 spiro atoms. The van der Waals surface area contributed by atoms with Gasteiger partial charge in [0.05, 0.1) is 16.8 Å². The molecule has 0 aliphatic carbocycles. The van der Waals surface area contributed by atoms with E-state index in [1.807, 2.05) is 13.8 Å². The van der Waals surface area contributed by atoms with Crippen LogP contribution in [0.5, 0.6) is 0 Å². The molecule has 2 amide bonds. The zero-order chi connectivity index (χ0) is 16.0. The summed E-state index contributed by atoms with van der Waals surface area (Å²) in [7, 11) is 0. The lowest BCUT2D eigenvalue weighted by Gasteiger charge is -2.14. The predicted molar refractivity (Wildman–Crippen MR) is 84.5 cm³/mol. The molecule has 1 aliphatic heterocycles. The first-order valence-electron chi connectivity index (χ1n) is 6.84. The van der Waals surface area contributed by atoms with Gasteiger partial charge in [-0.25, -0.2) is 4.90 Å². The van der Waals surface area contributed by atoms with Crippen molar-refractivity contribution in [2.45, 2.75) is 20.8 Å². The third-order valence-corrected chi connectivity index (χ3v) is 2.91. The molecule has 4 nitrogen and oxygen atoms in total. The number of nitrogens with two attached hydrogens (primary N) is 1. The third-order valence-electron chi connectivity index (χ3n) is 2.91. The highest BCUT2D eigenvalue weighted by molar-refractivity contribution is 6.22. The lowest BCUT2D eigenvalue weighted by atomic mass is 10.1. The molecule has 2 N–H and O–H groups in total. The van der Waals surface area contributed by atoms with Crippen molar-refractivity contribution in [2.24, 2.45) is 5.73 Å². The van der Waals surface area contributed by atoms with Gasteiger partial charge in [-0.1, -0.05) is 38.6 Å². The van der Waals surface area contributed by atoms with Crippen LogP contribution in [-0.2, 0) is 0 Å². The number of fused-ring (bicyclic) bond motifs is 1. The SMILES string of the molecule is C=C/C(=C\C(N)=C/C)N1C(=O)c2ccccc2C1=O.CC. The van der Waals surface area contributed by atoms with Crippen LogP contribution in [0.2, 0.25) is 0 Å². The van der Waals surface area contributed by atoms with Crippen molar-refractivity contribution in [3.8, 4) is 0 Å². The highest BCUT2D eigenvalue weighted by Crippen LogP contribution is 2.26. The molecule has 0 unspecified atom stereocenters. The van der Waals surface area contributed by atoms with Gasteiger partial charge in [-0.2, -0.15) is 0 Å². The maximum Gasteiger partial charge on any atom is 0.266 e. The molecule has 110 valence electrons. The normalized spacial score (nSPS) is 14.5. The van der Waals surface area contributed by atoms with Gasteiger partial charge in [-0.3, -0.25) is 9.59 Å². The number of amides is 2. The molecule has 21 heavy (non-hydrogen) atoms. The van der Waals surface area contributed by atoms with E-state index in [9.17, 15) is 9.59 Å². The van der Waals surface area contributed by atoms with E-state index in [1.54, 1.807) is 43.3 Å². The molecule has 0 bridgehead atoms. The van der Waals surface area contributed by atoms with Gasteiger partial charge in [-0.15, -0.1) is 0 Å². The molecule has 1 aromatic rings. The number of rotatable bonds is 3. The third kappa shape index (κ3) is 3.11. The molecule has 0 fully saturated rings. The van der Waals surface area contributed by atoms with Crippen molar-refractivity contribution in [1.29, 1.82) is 0 Å². The van der Waals surface area contributed by atoms with E-state index < -0.39 is 0 Å². The molecule has 2 rings (SSSR count). The molecule has 0 atom stereocenters. The highest BCUT2D eigenvalue weighted by atomic mass is 16.2. The van der Waals surface area contributed by atoms with Crippen molar-refractivity contribution < 1.29 is 9.59 Å². The first-order chi connectivity index (χ1) is 10.1. The van der Waals surface area contributed by atoms with E-state index >= 15 is 0 Å². The van der Waals surface area contributed by atoms with Crippen LogP contribution in [0.4, 0.5) is 0 Å². The Kier molecular flexibility index (Phi) is 5.67. The Balaban J connectivity index is 0.00000106. The lowest BCUT2D eigenvalue weighted by Crippen LogP contribution is -2.28. The second-order valence-corrected chi connectivity index (χ2v) is 4.05. The monoisotopic (exact) mass is 284 g/mol. The summed E-state index contributed by atoms with van der Waals surface area (Å²) in [6.07, 6.45) is 4.67. The first-order valence-corrected chi connectivity index (χ1v) is 6.84. The summed E-state index contributed by atoms with van der Waals surface area (Å²) in [6.45, 7) is 9.40. The fourth-order valence-corrected chi connectivity index (χ4v) is 1.89. The van der Waals surface area contributed by atoms with Crippen LogP contribution < -0.4 is 5.73 Å². The van der Waals surface area contributed by atoms with Crippen LogP contribution in [-0.4, -0.2) is 16.7 Å². The summed E-state index contributed by atoms with van der Waals surface area (Å²) in [5, 5.41) is 0. The van der Waals surface area contributed by atoms with E-state index in [0.717, 1.165) is 4.90 Å². The largest absolute Gasteiger partial charge is 0.399 e. The molecule has 0 radical (unpaired) electrons. The molecule has 1 aliphatic rings. The van der Waals surface area contributed by atoms with E-state index in [-0.39, 0.29) is 11.8 Å². The Morgan fingerprint density at radius 3 is 2.00 bits per heavy atom. The Hall–Kier alpha value is -2.62. The van der Waals surface area contributed by atoms with Crippen LogP contribution in [0.15, 0.2) is 60.5 Å². The quantitative estimate of drug-likeness (QED) is 0.684. The van der Waals surface area contributed by atoms with E-state index in [0.29, 0.717) is 22.5 Å². The van der Waals surface area contributed by atoms with Crippen molar-refractivity contribution in [3.63, 3.8) is 0 Å². The number of carbonyl (C=O) groups is 2. The van der Waals surface area contributed by atoms with Crippen LogP contribution >= 0.6 is 0 Å². The Bertz CT molecular complexity index is 592. The zero-order valence-corrected chi connectivity index (χ0v) is 12.6. The Morgan fingerprint density at radius 1 is 1.14 bits per heavy atom. The predicted octanol–water partition coefficient (Wildman–Crippen LogP) is 3.24. The second kappa shape index (κ2) is 7.24. The smallest absolute Gasteiger partial charge is 0.266 e. The van der Waals surface area contributed by atoms with Gasteiger partial charge in [0.1, 0.15) is 0 Å². The standard InChI is InChI=1S/C15H14N2O2.C2H6/c1-3-10(16)9-11(4-2)17-14(18)12-7-5-6-8-13(12)15(17)19;1-2/h3-9H,2,16H2,1H3;1-2H3/b10-3+,11-9+;. The minimum absolute atomic E-state index is 0.351. The van der Waals surface area contributed by atoms with Gasteiger partial charge in [0.2, 0.25) is 0 Å². The molecule has 0 saturated heterocycles. The minimum atomic E-state index is -0.351. The fraction of sp³-hybridized carbons (Fsp3) is 0.176. The van der Waals surface area contributed by atoms with Crippen molar-refractivity contribution in [1.82, 2.24) is 4.90 Å². The summed E-state index contributed by atoms with van der Waals surface area (Å²) in [4.78, 5) is 25.6. The van der Waals surface area contributed by atoms with Gasteiger partial charge >= 0.3 is 0 Å². The molecule has 1 heterocycles. The number of carbonyl (C=O) groups excluding carboxylic acids is 2. The number of allylic oxidation sites excluding steroid dienone is 3. The first kappa shape index (κ1) is 16.4. The molecule has 0 aromatic heterocycles. The molecule has 4 heteroatoms. The molecular weight excluding hydrogens is 264 g/mol. The van der Waals surface area contributed by atoms with Crippen LogP contribution in [0.1, 0.15) is 41.5 Å². The number of benzene rings is 1. The van der Waals surface area contributed by atoms with E-state index in [4.69, 9.17) is 5.73 Å². The van der Waals surface area contributed by atoms with Crippen LogP contribution in [0.3, 0.4) is 0 Å². The van der Waals surface area contributed by atoms with Crippen molar-refractivity contribution >= 4 is 11.8 Å².